The minimum absolute atomic E-state index is 0.0920. The van der Waals surface area contributed by atoms with Crippen molar-refractivity contribution in [1.82, 2.24) is 0 Å². The lowest BCUT2D eigenvalue weighted by Crippen LogP contribution is -2.18. The summed E-state index contributed by atoms with van der Waals surface area (Å²) < 4.78 is 22.1. The van der Waals surface area contributed by atoms with Crippen LogP contribution in [0.15, 0.2) is 24.3 Å². The Hall–Kier alpha value is -2.18. The lowest BCUT2D eigenvalue weighted by molar-refractivity contribution is -0.384. The third-order valence-corrected chi connectivity index (χ3v) is 3.33. The molecule has 0 spiro atoms. The molecule has 6 nitrogen and oxygen atoms in total. The molecule has 1 saturated carbocycles. The third-order valence-electron chi connectivity index (χ3n) is 3.33. The van der Waals surface area contributed by atoms with Crippen LogP contribution in [0.25, 0.3) is 0 Å². The zero-order chi connectivity index (χ0) is 14.6. The fourth-order valence-electron chi connectivity index (χ4n) is 1.82. The molecular formula is C13H14FNO5. The number of nitrogens with zero attached hydrogens (tertiary/aromatic N) is 1. The summed E-state index contributed by atoms with van der Waals surface area (Å²) >= 11 is 0. The predicted molar refractivity (Wildman–Crippen MR) is 67.3 cm³/mol. The number of carbonyl (C=O) groups excluding carboxylic acids is 1. The zero-order valence-corrected chi connectivity index (χ0v) is 10.7. The van der Waals surface area contributed by atoms with Gasteiger partial charge in [-0.1, -0.05) is 0 Å². The van der Waals surface area contributed by atoms with E-state index in [1.165, 1.54) is 24.3 Å². The molecule has 0 saturated heterocycles. The lowest BCUT2D eigenvalue weighted by atomic mass is 10.1. The van der Waals surface area contributed by atoms with Gasteiger partial charge in [-0.15, -0.1) is 0 Å². The molecule has 2 rings (SSSR count). The van der Waals surface area contributed by atoms with Crippen LogP contribution < -0.4 is 4.74 Å². The summed E-state index contributed by atoms with van der Waals surface area (Å²) in [7, 11) is 0. The average Bonchev–Trinajstić information content (AvgIpc) is 3.18. The fraction of sp³-hybridized carbons (Fsp3) is 0.462. The van der Waals surface area contributed by atoms with Gasteiger partial charge in [0, 0.05) is 17.5 Å². The highest BCUT2D eigenvalue weighted by molar-refractivity contribution is 5.64. The van der Waals surface area contributed by atoms with Crippen molar-refractivity contribution in [1.29, 1.82) is 0 Å². The predicted octanol–water partition coefficient (Wildman–Crippen LogP) is 3.25. The SMILES string of the molecule is O=C(OCC1(CCF)CC1)Oc1ccc([N+](=O)[O-])cc1. The van der Waals surface area contributed by atoms with Crippen molar-refractivity contribution in [2.24, 2.45) is 5.41 Å². The molecule has 20 heavy (non-hydrogen) atoms. The monoisotopic (exact) mass is 283 g/mol. The normalized spacial score (nSPS) is 15.4. The molecule has 1 aromatic rings. The van der Waals surface area contributed by atoms with Gasteiger partial charge in [-0.2, -0.15) is 0 Å². The number of ether oxygens (including phenoxy) is 2. The maximum Gasteiger partial charge on any atom is 0.513 e. The van der Waals surface area contributed by atoms with Gasteiger partial charge in [0.2, 0.25) is 0 Å². The molecule has 0 N–H and O–H groups in total. The summed E-state index contributed by atoms with van der Waals surface area (Å²) in [6.07, 6.45) is 1.20. The Labute approximate surface area is 114 Å². The van der Waals surface area contributed by atoms with Crippen molar-refractivity contribution in [2.45, 2.75) is 19.3 Å². The van der Waals surface area contributed by atoms with Gasteiger partial charge in [-0.05, 0) is 31.4 Å². The van der Waals surface area contributed by atoms with Crippen LogP contribution in [0.4, 0.5) is 14.9 Å². The Bertz CT molecular complexity index is 498. The molecule has 0 radical (unpaired) electrons. The highest BCUT2D eigenvalue weighted by Gasteiger charge is 2.43. The zero-order valence-electron chi connectivity index (χ0n) is 10.7. The van der Waals surface area contributed by atoms with Crippen molar-refractivity contribution in [3.63, 3.8) is 0 Å². The number of carbonyl (C=O) groups is 1. The van der Waals surface area contributed by atoms with Crippen molar-refractivity contribution in [2.75, 3.05) is 13.3 Å². The van der Waals surface area contributed by atoms with Gasteiger partial charge in [0.1, 0.15) is 12.4 Å². The second-order valence-electron chi connectivity index (χ2n) is 4.83. The number of nitro groups is 1. The van der Waals surface area contributed by atoms with E-state index in [1.807, 2.05) is 0 Å². The van der Waals surface area contributed by atoms with Crippen LogP contribution >= 0.6 is 0 Å². The average molecular weight is 283 g/mol. The minimum Gasteiger partial charge on any atom is -0.433 e. The Balaban J connectivity index is 1.81. The first-order valence-electron chi connectivity index (χ1n) is 6.20. The first kappa shape index (κ1) is 14.2. The van der Waals surface area contributed by atoms with E-state index in [0.717, 1.165) is 12.8 Å². The van der Waals surface area contributed by atoms with E-state index in [1.54, 1.807) is 0 Å². The molecule has 1 aliphatic carbocycles. The number of benzene rings is 1. The molecule has 1 aliphatic rings. The van der Waals surface area contributed by atoms with Gasteiger partial charge in [-0.3, -0.25) is 14.5 Å². The van der Waals surface area contributed by atoms with Crippen molar-refractivity contribution >= 4 is 11.8 Å². The van der Waals surface area contributed by atoms with E-state index in [-0.39, 0.29) is 23.5 Å². The summed E-state index contributed by atoms with van der Waals surface area (Å²) in [5.74, 6) is 0.163. The molecule has 0 amide bonds. The van der Waals surface area contributed by atoms with Crippen molar-refractivity contribution < 1.29 is 23.6 Å². The molecule has 0 heterocycles. The summed E-state index contributed by atoms with van der Waals surface area (Å²) in [5.41, 5.74) is -0.311. The van der Waals surface area contributed by atoms with Crippen LogP contribution in [0, 0.1) is 15.5 Å². The molecule has 7 heteroatoms. The molecule has 0 aromatic heterocycles. The van der Waals surface area contributed by atoms with Crippen LogP contribution in [0.3, 0.4) is 0 Å². The summed E-state index contributed by atoms with van der Waals surface area (Å²) in [5, 5.41) is 10.5. The van der Waals surface area contributed by atoms with Crippen LogP contribution in [-0.4, -0.2) is 24.4 Å². The van der Waals surface area contributed by atoms with Gasteiger partial charge in [0.15, 0.2) is 0 Å². The Morgan fingerprint density at radius 3 is 2.50 bits per heavy atom. The molecule has 1 fully saturated rings. The third kappa shape index (κ3) is 3.66. The molecule has 0 atom stereocenters. The molecule has 108 valence electrons. The smallest absolute Gasteiger partial charge is 0.433 e. The Kier molecular flexibility index (Phi) is 4.16. The van der Waals surface area contributed by atoms with Crippen LogP contribution in [-0.2, 0) is 4.74 Å². The molecule has 0 unspecified atom stereocenters. The number of alkyl halides is 1. The van der Waals surface area contributed by atoms with Gasteiger partial charge in [0.25, 0.3) is 5.69 Å². The summed E-state index contributed by atoms with van der Waals surface area (Å²) in [6.45, 7) is -0.288. The van der Waals surface area contributed by atoms with E-state index in [9.17, 15) is 19.3 Å². The molecule has 1 aromatic carbocycles. The van der Waals surface area contributed by atoms with E-state index in [4.69, 9.17) is 9.47 Å². The maximum absolute atomic E-state index is 12.3. The molecular weight excluding hydrogens is 269 g/mol. The van der Waals surface area contributed by atoms with E-state index in [2.05, 4.69) is 0 Å². The van der Waals surface area contributed by atoms with Crippen molar-refractivity contribution in [3.05, 3.63) is 34.4 Å². The Morgan fingerprint density at radius 1 is 1.35 bits per heavy atom. The number of non-ortho nitro benzene ring substituents is 1. The van der Waals surface area contributed by atoms with Crippen molar-refractivity contribution in [3.8, 4) is 5.75 Å². The number of halogens is 1. The van der Waals surface area contributed by atoms with Crippen LogP contribution in [0.5, 0.6) is 5.75 Å². The van der Waals surface area contributed by atoms with Crippen LogP contribution in [0.1, 0.15) is 19.3 Å². The van der Waals surface area contributed by atoms with Gasteiger partial charge < -0.3 is 9.47 Å². The van der Waals surface area contributed by atoms with Gasteiger partial charge in [0.05, 0.1) is 11.6 Å². The van der Waals surface area contributed by atoms with E-state index >= 15 is 0 Å². The quantitative estimate of drug-likeness (QED) is 0.346. The van der Waals surface area contributed by atoms with Gasteiger partial charge >= 0.3 is 6.16 Å². The number of rotatable bonds is 6. The number of nitro benzene ring substituents is 1. The second-order valence-corrected chi connectivity index (χ2v) is 4.83. The first-order valence-corrected chi connectivity index (χ1v) is 6.20. The maximum atomic E-state index is 12.3. The summed E-state index contributed by atoms with van der Waals surface area (Å²) in [4.78, 5) is 21.4. The molecule has 0 aliphatic heterocycles. The minimum atomic E-state index is -0.885. The van der Waals surface area contributed by atoms with E-state index in [0.29, 0.717) is 6.42 Å². The standard InChI is InChI=1S/C13H14FNO5/c14-8-7-13(5-6-13)9-19-12(16)20-11-3-1-10(2-4-11)15(17)18/h1-4H,5-9H2. The topological polar surface area (TPSA) is 78.7 Å². The van der Waals surface area contributed by atoms with Gasteiger partial charge in [-0.25, -0.2) is 4.79 Å². The second kappa shape index (κ2) is 5.85. The number of hydrogen-bond acceptors (Lipinski definition) is 5. The highest BCUT2D eigenvalue weighted by atomic mass is 19.1. The molecule has 0 bridgehead atoms. The largest absolute Gasteiger partial charge is 0.513 e. The Morgan fingerprint density at radius 2 is 2.00 bits per heavy atom. The van der Waals surface area contributed by atoms with E-state index < -0.39 is 17.8 Å². The fourth-order valence-corrected chi connectivity index (χ4v) is 1.82. The van der Waals surface area contributed by atoms with Crippen LogP contribution in [0.2, 0.25) is 0 Å². The number of hydrogen-bond donors (Lipinski definition) is 0. The summed E-state index contributed by atoms with van der Waals surface area (Å²) in [6, 6.07) is 5.09. The highest BCUT2D eigenvalue weighted by Crippen LogP contribution is 2.49. The lowest BCUT2D eigenvalue weighted by Gasteiger charge is -2.13. The first-order chi connectivity index (χ1) is 9.54.